The summed E-state index contributed by atoms with van der Waals surface area (Å²) in [5.41, 5.74) is 0.587. The molecule has 2 N–H and O–H groups in total. The maximum Gasteiger partial charge on any atom is 0.212 e. The average Bonchev–Trinajstić information content (AvgIpc) is 2.28. The fourth-order valence-electron chi connectivity index (χ4n) is 1.18. The molecule has 0 spiro atoms. The van der Waals surface area contributed by atoms with Crippen molar-refractivity contribution in [1.29, 1.82) is 0 Å². The van der Waals surface area contributed by atoms with Crippen LogP contribution >= 0.6 is 15.9 Å². The lowest BCUT2D eigenvalue weighted by Crippen LogP contribution is -2.18. The van der Waals surface area contributed by atoms with Gasteiger partial charge >= 0.3 is 0 Å². The van der Waals surface area contributed by atoms with Gasteiger partial charge in [0.05, 0.1) is 13.2 Å². The Kier molecular flexibility index (Phi) is 5.01. The summed E-state index contributed by atoms with van der Waals surface area (Å²) in [6.07, 6.45) is 0.314. The van der Waals surface area contributed by atoms with Gasteiger partial charge in [0.25, 0.3) is 0 Å². The van der Waals surface area contributed by atoms with Crippen molar-refractivity contribution in [3.8, 4) is 5.88 Å². The molecule has 0 aliphatic carbocycles. The predicted octanol–water partition coefficient (Wildman–Crippen LogP) is 1.27. The number of hydrogen-bond acceptors (Lipinski definition) is 4. The number of methoxy groups -OCH3 is 1. The Balaban J connectivity index is 2.69. The third-order valence-electron chi connectivity index (χ3n) is 2.08. The maximum atomic E-state index is 9.73. The second-order valence-corrected chi connectivity index (χ2v) is 3.92. The zero-order valence-electron chi connectivity index (χ0n) is 8.43. The molecule has 1 rings (SSSR count). The first-order valence-corrected chi connectivity index (χ1v) is 5.73. The zero-order chi connectivity index (χ0) is 11.3. The highest BCUT2D eigenvalue weighted by molar-refractivity contribution is 9.09. The summed E-state index contributed by atoms with van der Waals surface area (Å²) in [7, 11) is 1.53. The van der Waals surface area contributed by atoms with Crippen molar-refractivity contribution in [3.63, 3.8) is 0 Å². The molecule has 0 aromatic carbocycles. The Morgan fingerprint density at radius 1 is 1.47 bits per heavy atom. The Morgan fingerprint density at radius 2 is 2.20 bits per heavy atom. The lowest BCUT2D eigenvalue weighted by Gasteiger charge is -2.16. The van der Waals surface area contributed by atoms with E-state index in [0.717, 1.165) is 0 Å². The number of nitrogens with zero attached hydrogens (tertiary/aromatic N) is 1. The van der Waals surface area contributed by atoms with Crippen LogP contribution in [0.5, 0.6) is 5.88 Å². The van der Waals surface area contributed by atoms with Crippen LogP contribution in [-0.4, -0.2) is 33.7 Å². The van der Waals surface area contributed by atoms with Crippen LogP contribution in [-0.2, 0) is 0 Å². The molecular weight excluding hydrogens is 262 g/mol. The molecule has 0 fully saturated rings. The van der Waals surface area contributed by atoms with E-state index >= 15 is 0 Å². The van der Waals surface area contributed by atoms with Gasteiger partial charge in [-0.05, 0) is 12.5 Å². The van der Waals surface area contributed by atoms with Crippen LogP contribution in [0.15, 0.2) is 18.3 Å². The van der Waals surface area contributed by atoms with Crippen LogP contribution in [0.3, 0.4) is 0 Å². The van der Waals surface area contributed by atoms with Gasteiger partial charge in [0.2, 0.25) is 5.88 Å². The number of ether oxygens (including phenoxy) is 1. The molecule has 0 aliphatic heterocycles. The second kappa shape index (κ2) is 6.05. The summed E-state index contributed by atoms with van der Waals surface area (Å²) >= 11 is 3.21. The number of aromatic nitrogens is 1. The van der Waals surface area contributed by atoms with Crippen LogP contribution in [0, 0.1) is 0 Å². The van der Waals surface area contributed by atoms with Crippen LogP contribution in [0.2, 0.25) is 0 Å². The van der Waals surface area contributed by atoms with Gasteiger partial charge in [-0.2, -0.15) is 0 Å². The first kappa shape index (κ1) is 12.4. The molecule has 2 unspecified atom stereocenters. The molecule has 0 saturated heterocycles. The summed E-state index contributed by atoms with van der Waals surface area (Å²) in [5.74, 6) is 0.487. The first-order valence-electron chi connectivity index (χ1n) is 4.61. The number of rotatable bonds is 5. The van der Waals surface area contributed by atoms with Gasteiger partial charge in [0, 0.05) is 23.2 Å². The Bertz CT molecular complexity index is 291. The van der Waals surface area contributed by atoms with E-state index in [0.29, 0.717) is 23.2 Å². The minimum Gasteiger partial charge on any atom is -0.481 e. The first-order chi connectivity index (χ1) is 7.19. The van der Waals surface area contributed by atoms with Crippen molar-refractivity contribution in [2.24, 2.45) is 0 Å². The average molecular weight is 276 g/mol. The SMILES string of the molecule is COc1ccc(C(O)C(O)CCBr)cn1. The summed E-state index contributed by atoms with van der Waals surface area (Å²) in [4.78, 5) is 3.96. The third-order valence-corrected chi connectivity index (χ3v) is 2.54. The molecule has 15 heavy (non-hydrogen) atoms. The predicted molar refractivity (Wildman–Crippen MR) is 60.2 cm³/mol. The molecule has 1 aromatic rings. The number of hydrogen-bond donors (Lipinski definition) is 2. The number of aliphatic hydroxyl groups is 2. The Morgan fingerprint density at radius 3 is 2.67 bits per heavy atom. The van der Waals surface area contributed by atoms with Gasteiger partial charge < -0.3 is 14.9 Å². The summed E-state index contributed by atoms with van der Waals surface area (Å²) in [6.45, 7) is 0. The minimum atomic E-state index is -0.902. The van der Waals surface area contributed by atoms with E-state index in [-0.39, 0.29) is 0 Å². The highest BCUT2D eigenvalue weighted by Gasteiger charge is 2.17. The zero-order valence-corrected chi connectivity index (χ0v) is 10.0. The number of alkyl halides is 1. The van der Waals surface area contributed by atoms with Crippen molar-refractivity contribution in [2.75, 3.05) is 12.4 Å². The van der Waals surface area contributed by atoms with E-state index in [1.807, 2.05) is 0 Å². The smallest absolute Gasteiger partial charge is 0.212 e. The molecule has 0 amide bonds. The lowest BCUT2D eigenvalue weighted by atomic mass is 10.1. The number of pyridine rings is 1. The monoisotopic (exact) mass is 275 g/mol. The van der Waals surface area contributed by atoms with Crippen molar-refractivity contribution in [1.82, 2.24) is 4.98 Å². The van der Waals surface area contributed by atoms with E-state index < -0.39 is 12.2 Å². The van der Waals surface area contributed by atoms with E-state index in [1.165, 1.54) is 13.3 Å². The van der Waals surface area contributed by atoms with Crippen molar-refractivity contribution >= 4 is 15.9 Å². The Labute approximate surface area is 97.0 Å². The van der Waals surface area contributed by atoms with E-state index in [1.54, 1.807) is 12.1 Å². The van der Waals surface area contributed by atoms with E-state index in [4.69, 9.17) is 4.74 Å². The summed E-state index contributed by atoms with van der Waals surface area (Å²) in [6, 6.07) is 3.34. The minimum absolute atomic E-state index is 0.487. The van der Waals surface area contributed by atoms with Crippen LogP contribution in [0.1, 0.15) is 18.1 Å². The van der Waals surface area contributed by atoms with Crippen LogP contribution in [0.25, 0.3) is 0 Å². The van der Waals surface area contributed by atoms with Crippen molar-refractivity contribution < 1.29 is 14.9 Å². The van der Waals surface area contributed by atoms with Gasteiger partial charge in [-0.25, -0.2) is 4.98 Å². The topological polar surface area (TPSA) is 62.6 Å². The lowest BCUT2D eigenvalue weighted by molar-refractivity contribution is 0.0171. The molecule has 0 bridgehead atoms. The molecule has 4 nitrogen and oxygen atoms in total. The Hall–Kier alpha value is -0.650. The molecule has 5 heteroatoms. The largest absolute Gasteiger partial charge is 0.481 e. The van der Waals surface area contributed by atoms with E-state index in [9.17, 15) is 10.2 Å². The molecule has 0 saturated carbocycles. The van der Waals surface area contributed by atoms with Gasteiger partial charge in [-0.3, -0.25) is 0 Å². The summed E-state index contributed by atoms with van der Waals surface area (Å²) < 4.78 is 4.89. The fraction of sp³-hybridized carbons (Fsp3) is 0.500. The highest BCUT2D eigenvalue weighted by atomic mass is 79.9. The van der Waals surface area contributed by atoms with E-state index in [2.05, 4.69) is 20.9 Å². The van der Waals surface area contributed by atoms with Gasteiger partial charge in [-0.15, -0.1) is 0 Å². The quantitative estimate of drug-likeness (QED) is 0.795. The van der Waals surface area contributed by atoms with Crippen LogP contribution < -0.4 is 4.74 Å². The fourth-order valence-corrected chi connectivity index (χ4v) is 1.65. The van der Waals surface area contributed by atoms with Gasteiger partial charge in [-0.1, -0.05) is 15.9 Å². The molecule has 1 aromatic heterocycles. The molecule has 0 radical (unpaired) electrons. The normalized spacial score (nSPS) is 14.7. The second-order valence-electron chi connectivity index (χ2n) is 3.12. The van der Waals surface area contributed by atoms with Gasteiger partial charge in [0.15, 0.2) is 0 Å². The van der Waals surface area contributed by atoms with Crippen molar-refractivity contribution in [2.45, 2.75) is 18.6 Å². The molecule has 2 atom stereocenters. The number of aliphatic hydroxyl groups excluding tert-OH is 2. The molecule has 1 heterocycles. The third kappa shape index (κ3) is 3.44. The molecule has 84 valence electrons. The van der Waals surface area contributed by atoms with Crippen molar-refractivity contribution in [3.05, 3.63) is 23.9 Å². The van der Waals surface area contributed by atoms with Crippen LogP contribution in [0.4, 0.5) is 0 Å². The number of halogens is 1. The molecular formula is C10H14BrNO3. The van der Waals surface area contributed by atoms with Gasteiger partial charge in [0.1, 0.15) is 6.10 Å². The highest BCUT2D eigenvalue weighted by Crippen LogP contribution is 2.20. The standard InChI is InChI=1S/C10H14BrNO3/c1-15-9-3-2-7(6-12-9)10(14)8(13)4-5-11/h2-3,6,8,10,13-14H,4-5H2,1H3. The summed E-state index contributed by atoms with van der Waals surface area (Å²) in [5, 5.41) is 19.9. The maximum absolute atomic E-state index is 9.73. The molecule has 0 aliphatic rings.